The Kier molecular flexibility index (Phi) is 3.82. The zero-order valence-corrected chi connectivity index (χ0v) is 12.4. The molecule has 3 aromatic rings. The van der Waals surface area contributed by atoms with Gasteiger partial charge in [0.15, 0.2) is 0 Å². The quantitative estimate of drug-likeness (QED) is 0.674. The highest BCUT2D eigenvalue weighted by molar-refractivity contribution is 6.36. The molecule has 0 atom stereocenters. The topological polar surface area (TPSA) is 29.1 Å². The Hall–Kier alpha value is -2.03. The maximum atomic E-state index is 12.4. The molecule has 4 heteroatoms. The van der Waals surface area contributed by atoms with E-state index in [0.29, 0.717) is 15.6 Å². The maximum absolute atomic E-state index is 12.4. The summed E-state index contributed by atoms with van der Waals surface area (Å²) < 4.78 is 0. The van der Waals surface area contributed by atoms with Gasteiger partial charge in [-0.05, 0) is 29.7 Å². The van der Waals surface area contributed by atoms with Gasteiger partial charge in [-0.25, -0.2) is 0 Å². The number of fused-ring (bicyclic) bond motifs is 1. The zero-order valence-electron chi connectivity index (χ0n) is 10.9. The number of benzene rings is 3. The standard InChI is InChI=1S/C17H11Cl2NO/c18-12-8-9-15(19)14(10-12)17(21)20-16-7-3-5-11-4-1-2-6-13(11)16/h1-10H,(H,20,21). The Morgan fingerprint density at radius 2 is 1.67 bits per heavy atom. The predicted octanol–water partition coefficient (Wildman–Crippen LogP) is 5.40. The summed E-state index contributed by atoms with van der Waals surface area (Å²) in [7, 11) is 0. The van der Waals surface area contributed by atoms with E-state index in [4.69, 9.17) is 23.2 Å². The first kappa shape index (κ1) is 13.9. The van der Waals surface area contributed by atoms with Crippen molar-refractivity contribution in [2.24, 2.45) is 0 Å². The number of rotatable bonds is 2. The second kappa shape index (κ2) is 5.76. The fourth-order valence-corrected chi connectivity index (χ4v) is 2.57. The Bertz CT molecular complexity index is 825. The molecule has 21 heavy (non-hydrogen) atoms. The van der Waals surface area contributed by atoms with Crippen molar-refractivity contribution in [1.29, 1.82) is 0 Å². The first-order chi connectivity index (χ1) is 10.1. The van der Waals surface area contributed by atoms with Gasteiger partial charge in [-0.3, -0.25) is 4.79 Å². The number of hydrogen-bond acceptors (Lipinski definition) is 1. The Labute approximate surface area is 132 Å². The van der Waals surface area contributed by atoms with Crippen LogP contribution >= 0.6 is 23.2 Å². The molecule has 0 bridgehead atoms. The highest BCUT2D eigenvalue weighted by Crippen LogP contribution is 2.25. The van der Waals surface area contributed by atoms with Gasteiger partial charge in [-0.2, -0.15) is 0 Å². The van der Waals surface area contributed by atoms with E-state index in [9.17, 15) is 4.79 Å². The van der Waals surface area contributed by atoms with Crippen LogP contribution in [0.15, 0.2) is 60.7 Å². The van der Waals surface area contributed by atoms with Crippen LogP contribution in [-0.4, -0.2) is 5.91 Å². The van der Waals surface area contributed by atoms with E-state index in [1.54, 1.807) is 18.2 Å². The first-order valence-electron chi connectivity index (χ1n) is 6.39. The van der Waals surface area contributed by atoms with Crippen LogP contribution in [0.25, 0.3) is 10.8 Å². The van der Waals surface area contributed by atoms with E-state index in [0.717, 1.165) is 16.5 Å². The number of halogens is 2. The van der Waals surface area contributed by atoms with Crippen molar-refractivity contribution in [3.63, 3.8) is 0 Å². The van der Waals surface area contributed by atoms with Crippen LogP contribution in [0.5, 0.6) is 0 Å². The molecular formula is C17H11Cl2NO. The highest BCUT2D eigenvalue weighted by atomic mass is 35.5. The van der Waals surface area contributed by atoms with E-state index in [1.807, 2.05) is 42.5 Å². The van der Waals surface area contributed by atoms with E-state index in [1.165, 1.54) is 0 Å². The Morgan fingerprint density at radius 1 is 0.905 bits per heavy atom. The molecule has 104 valence electrons. The molecule has 0 fully saturated rings. The SMILES string of the molecule is O=C(Nc1cccc2ccccc12)c1cc(Cl)ccc1Cl. The molecule has 0 aliphatic rings. The molecule has 0 aliphatic heterocycles. The second-order valence-corrected chi connectivity index (χ2v) is 5.45. The van der Waals surface area contributed by atoms with E-state index >= 15 is 0 Å². The zero-order chi connectivity index (χ0) is 14.8. The average Bonchev–Trinajstić information content (AvgIpc) is 2.50. The molecule has 2 nitrogen and oxygen atoms in total. The summed E-state index contributed by atoms with van der Waals surface area (Å²) in [6, 6.07) is 18.4. The van der Waals surface area contributed by atoms with Gasteiger partial charge in [0.25, 0.3) is 5.91 Å². The maximum Gasteiger partial charge on any atom is 0.257 e. The van der Waals surface area contributed by atoms with Crippen LogP contribution in [0.2, 0.25) is 10.0 Å². The Balaban J connectivity index is 1.99. The minimum absolute atomic E-state index is 0.279. The number of hydrogen-bond donors (Lipinski definition) is 1. The summed E-state index contributed by atoms with van der Waals surface area (Å²) in [5.74, 6) is -0.279. The van der Waals surface area contributed by atoms with Crippen LogP contribution in [0.4, 0.5) is 5.69 Å². The molecular weight excluding hydrogens is 305 g/mol. The number of nitrogens with one attached hydrogen (secondary N) is 1. The van der Waals surface area contributed by atoms with E-state index in [-0.39, 0.29) is 5.91 Å². The van der Waals surface area contributed by atoms with Gasteiger partial charge in [0, 0.05) is 16.1 Å². The van der Waals surface area contributed by atoms with Gasteiger partial charge in [0.2, 0.25) is 0 Å². The molecule has 0 heterocycles. The number of carbonyl (C=O) groups is 1. The molecule has 1 amide bonds. The smallest absolute Gasteiger partial charge is 0.257 e. The van der Waals surface area contributed by atoms with Crippen LogP contribution in [0.3, 0.4) is 0 Å². The van der Waals surface area contributed by atoms with Gasteiger partial charge in [-0.15, -0.1) is 0 Å². The lowest BCUT2D eigenvalue weighted by atomic mass is 10.1. The summed E-state index contributed by atoms with van der Waals surface area (Å²) >= 11 is 12.0. The third-order valence-corrected chi connectivity index (χ3v) is 3.78. The fraction of sp³-hybridized carbons (Fsp3) is 0. The van der Waals surface area contributed by atoms with Gasteiger partial charge >= 0.3 is 0 Å². The van der Waals surface area contributed by atoms with Gasteiger partial charge in [0.05, 0.1) is 10.6 Å². The van der Waals surface area contributed by atoms with Crippen LogP contribution < -0.4 is 5.32 Å². The van der Waals surface area contributed by atoms with Crippen molar-refractivity contribution in [3.05, 3.63) is 76.3 Å². The molecule has 3 aromatic carbocycles. The Morgan fingerprint density at radius 3 is 2.52 bits per heavy atom. The van der Waals surface area contributed by atoms with Crippen LogP contribution in [0, 0.1) is 0 Å². The van der Waals surface area contributed by atoms with Gasteiger partial charge in [0.1, 0.15) is 0 Å². The highest BCUT2D eigenvalue weighted by Gasteiger charge is 2.12. The molecule has 0 unspecified atom stereocenters. The molecule has 0 aromatic heterocycles. The van der Waals surface area contributed by atoms with Crippen molar-refractivity contribution in [1.82, 2.24) is 0 Å². The van der Waals surface area contributed by atoms with Gasteiger partial charge < -0.3 is 5.32 Å². The molecule has 0 spiro atoms. The van der Waals surface area contributed by atoms with E-state index < -0.39 is 0 Å². The van der Waals surface area contributed by atoms with Crippen molar-refractivity contribution >= 4 is 45.6 Å². The molecule has 0 aliphatic carbocycles. The van der Waals surface area contributed by atoms with Crippen molar-refractivity contribution in [3.8, 4) is 0 Å². The molecule has 0 radical (unpaired) electrons. The number of amides is 1. The van der Waals surface area contributed by atoms with Crippen molar-refractivity contribution in [2.75, 3.05) is 5.32 Å². The largest absolute Gasteiger partial charge is 0.321 e. The summed E-state index contributed by atoms with van der Waals surface area (Å²) in [5.41, 5.74) is 1.10. The lowest BCUT2D eigenvalue weighted by molar-refractivity contribution is 0.102. The first-order valence-corrected chi connectivity index (χ1v) is 7.15. The lowest BCUT2D eigenvalue weighted by Crippen LogP contribution is -2.12. The normalized spacial score (nSPS) is 10.6. The molecule has 3 rings (SSSR count). The van der Waals surface area contributed by atoms with Crippen LogP contribution in [-0.2, 0) is 0 Å². The lowest BCUT2D eigenvalue weighted by Gasteiger charge is -2.10. The third-order valence-electron chi connectivity index (χ3n) is 3.21. The van der Waals surface area contributed by atoms with Crippen molar-refractivity contribution in [2.45, 2.75) is 0 Å². The molecule has 0 saturated carbocycles. The monoisotopic (exact) mass is 315 g/mol. The summed E-state index contributed by atoms with van der Waals surface area (Å²) in [6.45, 7) is 0. The summed E-state index contributed by atoms with van der Waals surface area (Å²) in [4.78, 5) is 12.4. The average molecular weight is 316 g/mol. The number of carbonyl (C=O) groups excluding carboxylic acids is 1. The van der Waals surface area contributed by atoms with E-state index in [2.05, 4.69) is 5.32 Å². The van der Waals surface area contributed by atoms with Crippen LogP contribution in [0.1, 0.15) is 10.4 Å². The minimum atomic E-state index is -0.279. The summed E-state index contributed by atoms with van der Waals surface area (Å²) in [6.07, 6.45) is 0. The van der Waals surface area contributed by atoms with Crippen molar-refractivity contribution < 1.29 is 4.79 Å². The minimum Gasteiger partial charge on any atom is -0.321 e. The predicted molar refractivity (Wildman–Crippen MR) is 88.4 cm³/mol. The number of anilines is 1. The fourth-order valence-electron chi connectivity index (χ4n) is 2.20. The van der Waals surface area contributed by atoms with Gasteiger partial charge in [-0.1, -0.05) is 59.6 Å². The third kappa shape index (κ3) is 2.87. The summed E-state index contributed by atoms with van der Waals surface area (Å²) in [5, 5.41) is 5.77. The molecule has 0 saturated heterocycles. The second-order valence-electron chi connectivity index (χ2n) is 4.61. The molecule has 1 N–H and O–H groups in total.